The first-order valence-electron chi connectivity index (χ1n) is 8.33. The highest BCUT2D eigenvalue weighted by atomic mass is 28.3. The van der Waals surface area contributed by atoms with E-state index in [9.17, 15) is 8.78 Å². The van der Waals surface area contributed by atoms with Crippen molar-refractivity contribution in [1.29, 1.82) is 0 Å². The van der Waals surface area contributed by atoms with Crippen molar-refractivity contribution in [2.75, 3.05) is 13.2 Å². The number of hydrogen-bond acceptors (Lipinski definition) is 2. The predicted molar refractivity (Wildman–Crippen MR) is 88.4 cm³/mol. The second kappa shape index (κ2) is 11.7. The molecular formula is C17H28F2O2Si. The molecule has 1 rings (SSSR count). The minimum absolute atomic E-state index is 0.497. The van der Waals surface area contributed by atoms with Gasteiger partial charge < -0.3 is 8.85 Å². The topological polar surface area (TPSA) is 18.5 Å². The van der Waals surface area contributed by atoms with E-state index in [4.69, 9.17) is 8.85 Å². The van der Waals surface area contributed by atoms with E-state index in [1.54, 1.807) is 0 Å². The van der Waals surface area contributed by atoms with Crippen LogP contribution in [0.25, 0.3) is 0 Å². The molecule has 5 heteroatoms. The molecule has 22 heavy (non-hydrogen) atoms. The van der Waals surface area contributed by atoms with Crippen molar-refractivity contribution in [2.24, 2.45) is 0 Å². The number of hydrogen-bond donors (Lipinski definition) is 0. The first-order chi connectivity index (χ1) is 10.7. The molecule has 0 spiro atoms. The van der Waals surface area contributed by atoms with Gasteiger partial charge in [-0.25, -0.2) is 8.78 Å². The van der Waals surface area contributed by atoms with E-state index < -0.39 is 20.9 Å². The molecule has 0 amide bonds. The zero-order chi connectivity index (χ0) is 16.2. The second-order valence-electron chi connectivity index (χ2n) is 5.55. The monoisotopic (exact) mass is 330 g/mol. The fraction of sp³-hybridized carbons (Fsp3) is 0.647. The van der Waals surface area contributed by atoms with Gasteiger partial charge in [-0.2, -0.15) is 0 Å². The summed E-state index contributed by atoms with van der Waals surface area (Å²) in [6, 6.07) is 4.75. The van der Waals surface area contributed by atoms with E-state index in [1.165, 1.54) is 12.1 Å². The molecule has 0 atom stereocenters. The van der Waals surface area contributed by atoms with Crippen LogP contribution in [0.1, 0.15) is 51.5 Å². The van der Waals surface area contributed by atoms with Gasteiger partial charge in [-0.15, -0.1) is 0 Å². The summed E-state index contributed by atoms with van der Waals surface area (Å²) in [5, 5.41) is 0. The number of rotatable bonds is 12. The molecule has 2 nitrogen and oxygen atoms in total. The molecule has 0 saturated carbocycles. The Morgan fingerprint density at radius 1 is 0.864 bits per heavy atom. The zero-order valence-electron chi connectivity index (χ0n) is 13.7. The summed E-state index contributed by atoms with van der Waals surface area (Å²) >= 11 is 0. The number of benzene rings is 1. The standard InChI is InChI=1S/C17H28F2O2Si/c1-3-9-20-22(21-10-4-2)11-7-5-6-8-15-12-16(18)14-17(19)13-15/h12-14,22H,3-11H2,1-2H3. The number of unbranched alkanes of at least 4 members (excludes halogenated alkanes) is 2. The molecule has 0 radical (unpaired) electrons. The average molecular weight is 330 g/mol. The van der Waals surface area contributed by atoms with Crippen LogP contribution in [0.5, 0.6) is 0 Å². The van der Waals surface area contributed by atoms with Gasteiger partial charge in [0, 0.05) is 19.3 Å². The van der Waals surface area contributed by atoms with Crippen LogP contribution < -0.4 is 0 Å². The molecule has 1 aromatic carbocycles. The summed E-state index contributed by atoms with van der Waals surface area (Å²) < 4.78 is 37.8. The first kappa shape index (κ1) is 19.3. The van der Waals surface area contributed by atoms with Gasteiger partial charge in [0.25, 0.3) is 0 Å². The Labute approximate surface area is 134 Å². The third kappa shape index (κ3) is 8.61. The number of aryl methyl sites for hydroxylation is 1. The highest BCUT2D eigenvalue weighted by Crippen LogP contribution is 2.13. The highest BCUT2D eigenvalue weighted by molar-refractivity contribution is 6.44. The van der Waals surface area contributed by atoms with E-state index >= 15 is 0 Å². The normalized spacial score (nSPS) is 11.3. The minimum Gasteiger partial charge on any atom is -0.397 e. The van der Waals surface area contributed by atoms with Gasteiger partial charge >= 0.3 is 9.28 Å². The summed E-state index contributed by atoms with van der Waals surface area (Å²) in [5.74, 6) is -0.994. The van der Waals surface area contributed by atoms with Crippen molar-refractivity contribution in [3.8, 4) is 0 Å². The van der Waals surface area contributed by atoms with Crippen molar-refractivity contribution in [1.82, 2.24) is 0 Å². The predicted octanol–water partition coefficient (Wildman–Crippen LogP) is 4.75. The molecule has 0 aromatic heterocycles. The van der Waals surface area contributed by atoms with Crippen LogP contribution in [0.2, 0.25) is 6.04 Å². The van der Waals surface area contributed by atoms with Gasteiger partial charge in [0.1, 0.15) is 11.6 Å². The summed E-state index contributed by atoms with van der Waals surface area (Å²) in [6.07, 6.45) is 5.78. The molecule has 0 saturated heterocycles. The molecular weight excluding hydrogens is 302 g/mol. The van der Waals surface area contributed by atoms with E-state index in [0.29, 0.717) is 6.42 Å². The Morgan fingerprint density at radius 3 is 2.00 bits per heavy atom. The van der Waals surface area contributed by atoms with Gasteiger partial charge in [0.05, 0.1) is 0 Å². The van der Waals surface area contributed by atoms with E-state index in [1.807, 2.05) is 0 Å². The molecule has 1 aromatic rings. The quantitative estimate of drug-likeness (QED) is 0.407. The summed E-state index contributed by atoms with van der Waals surface area (Å²) in [7, 11) is -1.52. The summed E-state index contributed by atoms with van der Waals surface area (Å²) in [6.45, 7) is 5.76. The lowest BCUT2D eigenvalue weighted by atomic mass is 10.1. The summed E-state index contributed by atoms with van der Waals surface area (Å²) in [5.41, 5.74) is 0.732. The zero-order valence-corrected chi connectivity index (χ0v) is 14.9. The van der Waals surface area contributed by atoms with Gasteiger partial charge in [0.15, 0.2) is 0 Å². The third-order valence-corrected chi connectivity index (χ3v) is 5.44. The largest absolute Gasteiger partial charge is 0.397 e. The Bertz CT molecular complexity index is 387. The molecule has 0 unspecified atom stereocenters. The maximum Gasteiger partial charge on any atom is 0.321 e. The van der Waals surface area contributed by atoms with Crippen LogP contribution >= 0.6 is 0 Å². The second-order valence-corrected chi connectivity index (χ2v) is 7.65. The van der Waals surface area contributed by atoms with E-state index in [2.05, 4.69) is 13.8 Å². The summed E-state index contributed by atoms with van der Waals surface area (Å²) in [4.78, 5) is 0. The molecule has 0 heterocycles. The molecule has 126 valence electrons. The van der Waals surface area contributed by atoms with Crippen LogP contribution in [0.4, 0.5) is 8.78 Å². The average Bonchev–Trinajstić information content (AvgIpc) is 2.48. The minimum atomic E-state index is -1.52. The van der Waals surface area contributed by atoms with E-state index in [-0.39, 0.29) is 0 Å². The molecule has 0 N–H and O–H groups in total. The Kier molecular flexibility index (Phi) is 10.3. The van der Waals surface area contributed by atoms with Crippen molar-refractivity contribution in [3.63, 3.8) is 0 Å². The van der Waals surface area contributed by atoms with Gasteiger partial charge in [-0.3, -0.25) is 0 Å². The smallest absolute Gasteiger partial charge is 0.321 e. The van der Waals surface area contributed by atoms with Crippen LogP contribution in [-0.2, 0) is 15.3 Å². The Morgan fingerprint density at radius 2 is 1.45 bits per heavy atom. The van der Waals surface area contributed by atoms with Crippen LogP contribution in [-0.4, -0.2) is 22.5 Å². The lowest BCUT2D eigenvalue weighted by Crippen LogP contribution is -2.23. The van der Waals surface area contributed by atoms with Crippen molar-refractivity contribution < 1.29 is 17.6 Å². The molecule has 0 aliphatic heterocycles. The lowest BCUT2D eigenvalue weighted by Gasteiger charge is -2.16. The van der Waals surface area contributed by atoms with Crippen LogP contribution in [0, 0.1) is 11.6 Å². The lowest BCUT2D eigenvalue weighted by molar-refractivity contribution is 0.195. The number of halogens is 2. The highest BCUT2D eigenvalue weighted by Gasteiger charge is 2.12. The first-order valence-corrected chi connectivity index (χ1v) is 10.1. The third-order valence-electron chi connectivity index (χ3n) is 3.34. The maximum atomic E-state index is 13.1. The van der Waals surface area contributed by atoms with Crippen LogP contribution in [0.3, 0.4) is 0 Å². The maximum absolute atomic E-state index is 13.1. The molecule has 0 bridgehead atoms. The fourth-order valence-electron chi connectivity index (χ4n) is 2.29. The van der Waals surface area contributed by atoms with E-state index in [0.717, 1.165) is 63.0 Å². The van der Waals surface area contributed by atoms with Gasteiger partial charge in [-0.05, 0) is 49.4 Å². The molecule has 0 aliphatic rings. The van der Waals surface area contributed by atoms with Crippen molar-refractivity contribution in [3.05, 3.63) is 35.4 Å². The molecule has 0 aliphatic carbocycles. The Hall–Kier alpha value is -0.783. The van der Waals surface area contributed by atoms with Gasteiger partial charge in [0.2, 0.25) is 0 Å². The SMILES string of the molecule is CCCO[SiH](CCCCCc1cc(F)cc(F)c1)OCCC. The Balaban J connectivity index is 2.21. The van der Waals surface area contributed by atoms with Crippen molar-refractivity contribution >= 4 is 9.28 Å². The fourth-order valence-corrected chi connectivity index (χ4v) is 4.33. The molecule has 0 fully saturated rings. The van der Waals surface area contributed by atoms with Crippen molar-refractivity contribution in [2.45, 2.75) is 58.4 Å². The van der Waals surface area contributed by atoms with Crippen LogP contribution in [0.15, 0.2) is 18.2 Å². The van der Waals surface area contributed by atoms with Gasteiger partial charge in [-0.1, -0.05) is 26.7 Å².